The van der Waals surface area contributed by atoms with E-state index in [1.54, 1.807) is 29.2 Å². The highest BCUT2D eigenvalue weighted by Gasteiger charge is 2.43. The molecule has 0 aromatic heterocycles. The zero-order valence-corrected chi connectivity index (χ0v) is 24.4. The molecular formula is C35H39N3O5. The Labute approximate surface area is 252 Å². The zero-order chi connectivity index (χ0) is 29.8. The third-order valence-corrected chi connectivity index (χ3v) is 9.45. The molecule has 0 spiro atoms. The quantitative estimate of drug-likeness (QED) is 0.331. The summed E-state index contributed by atoms with van der Waals surface area (Å²) in [4.78, 5) is 42.7. The van der Waals surface area contributed by atoms with Crippen molar-refractivity contribution in [2.75, 3.05) is 39.3 Å². The molecule has 0 radical (unpaired) electrons. The van der Waals surface area contributed by atoms with Crippen LogP contribution in [0.1, 0.15) is 63.6 Å². The van der Waals surface area contributed by atoms with Crippen LogP contribution in [-0.2, 0) is 0 Å². The number of carboxylic acid groups (broad SMARTS) is 1. The van der Waals surface area contributed by atoms with Crippen molar-refractivity contribution in [2.24, 2.45) is 11.8 Å². The predicted molar refractivity (Wildman–Crippen MR) is 163 cm³/mol. The summed E-state index contributed by atoms with van der Waals surface area (Å²) in [5.74, 6) is 1.41. The van der Waals surface area contributed by atoms with Crippen molar-refractivity contribution >= 4 is 18.3 Å². The van der Waals surface area contributed by atoms with Gasteiger partial charge in [0.25, 0.3) is 5.91 Å². The van der Waals surface area contributed by atoms with E-state index in [4.69, 9.17) is 4.74 Å². The number of carbonyl (C=O) groups is 3. The van der Waals surface area contributed by atoms with Crippen LogP contribution < -0.4 is 4.74 Å². The molecule has 7 rings (SSSR count). The SMILES string of the molecule is O=Cc1ccc(C(=O)N2CCC(COc3cccc([C@H](c4ccccc4)N(C(=O)O)C4CN5CCC4CC5)c3)CC2)cc1. The van der Waals surface area contributed by atoms with Gasteiger partial charge in [-0.15, -0.1) is 0 Å². The van der Waals surface area contributed by atoms with E-state index in [-0.39, 0.29) is 11.9 Å². The number of fused-ring (bicyclic) bond motifs is 3. The van der Waals surface area contributed by atoms with E-state index in [9.17, 15) is 19.5 Å². The van der Waals surface area contributed by atoms with Gasteiger partial charge in [0.2, 0.25) is 0 Å². The number of likely N-dealkylation sites (tertiary alicyclic amines) is 1. The van der Waals surface area contributed by atoms with Gasteiger partial charge in [0, 0.05) is 30.8 Å². The lowest BCUT2D eigenvalue weighted by atomic mass is 9.81. The van der Waals surface area contributed by atoms with E-state index in [1.807, 2.05) is 59.5 Å². The Hall–Kier alpha value is -4.17. The fourth-order valence-corrected chi connectivity index (χ4v) is 7.02. The van der Waals surface area contributed by atoms with Crippen molar-refractivity contribution in [3.8, 4) is 5.75 Å². The van der Waals surface area contributed by atoms with Gasteiger partial charge in [0.1, 0.15) is 12.0 Å². The summed E-state index contributed by atoms with van der Waals surface area (Å²) in [5.41, 5.74) is 3.01. The molecule has 4 saturated heterocycles. The van der Waals surface area contributed by atoms with Gasteiger partial charge in [-0.2, -0.15) is 0 Å². The average molecular weight is 582 g/mol. The Bertz CT molecular complexity index is 1410. The highest BCUT2D eigenvalue weighted by molar-refractivity contribution is 5.95. The molecule has 4 aliphatic heterocycles. The van der Waals surface area contributed by atoms with E-state index < -0.39 is 12.1 Å². The molecule has 8 heteroatoms. The molecule has 2 amide bonds. The molecule has 4 fully saturated rings. The molecule has 0 saturated carbocycles. The highest BCUT2D eigenvalue weighted by atomic mass is 16.5. The van der Waals surface area contributed by atoms with Crippen molar-refractivity contribution in [3.05, 3.63) is 101 Å². The van der Waals surface area contributed by atoms with Gasteiger partial charge < -0.3 is 19.6 Å². The number of rotatable bonds is 9. The molecule has 2 bridgehead atoms. The molecule has 2 atom stereocenters. The monoisotopic (exact) mass is 581 g/mol. The van der Waals surface area contributed by atoms with Crippen LogP contribution in [0, 0.1) is 11.8 Å². The summed E-state index contributed by atoms with van der Waals surface area (Å²) >= 11 is 0. The molecule has 3 aromatic carbocycles. The normalized spacial score (nSPS) is 22.5. The Morgan fingerprint density at radius 2 is 1.58 bits per heavy atom. The van der Waals surface area contributed by atoms with Gasteiger partial charge in [-0.1, -0.05) is 54.6 Å². The maximum absolute atomic E-state index is 12.9. The largest absolute Gasteiger partial charge is 0.493 e. The number of hydrogen-bond acceptors (Lipinski definition) is 5. The van der Waals surface area contributed by atoms with Crippen LogP contribution in [0.15, 0.2) is 78.9 Å². The minimum atomic E-state index is -0.889. The first kappa shape index (κ1) is 28.9. The Balaban J connectivity index is 1.13. The number of nitrogens with zero attached hydrogens (tertiary/aromatic N) is 3. The van der Waals surface area contributed by atoms with E-state index in [1.165, 1.54) is 0 Å². The molecule has 4 heterocycles. The number of benzene rings is 3. The molecule has 43 heavy (non-hydrogen) atoms. The lowest BCUT2D eigenvalue weighted by molar-refractivity contribution is -0.000816. The van der Waals surface area contributed by atoms with Gasteiger partial charge >= 0.3 is 6.09 Å². The smallest absolute Gasteiger partial charge is 0.408 e. The lowest BCUT2D eigenvalue weighted by Crippen LogP contribution is -2.59. The van der Waals surface area contributed by atoms with Crippen LogP contribution in [0.3, 0.4) is 0 Å². The van der Waals surface area contributed by atoms with Crippen molar-refractivity contribution in [1.29, 1.82) is 0 Å². The van der Waals surface area contributed by atoms with Crippen LogP contribution in [0.4, 0.5) is 4.79 Å². The number of aldehydes is 1. The average Bonchev–Trinajstić information content (AvgIpc) is 3.07. The molecule has 224 valence electrons. The van der Waals surface area contributed by atoms with Crippen molar-refractivity contribution in [2.45, 2.75) is 37.8 Å². The van der Waals surface area contributed by atoms with Crippen LogP contribution in [0.2, 0.25) is 0 Å². The number of hydrogen-bond donors (Lipinski definition) is 1. The predicted octanol–water partition coefficient (Wildman–Crippen LogP) is 5.59. The summed E-state index contributed by atoms with van der Waals surface area (Å²) in [7, 11) is 0. The number of amides is 2. The van der Waals surface area contributed by atoms with Crippen LogP contribution in [0.5, 0.6) is 5.75 Å². The Kier molecular flexibility index (Phi) is 8.74. The van der Waals surface area contributed by atoms with Gasteiger partial charge in [0.05, 0.1) is 18.7 Å². The van der Waals surface area contributed by atoms with E-state index in [0.29, 0.717) is 42.7 Å². The maximum Gasteiger partial charge on any atom is 0.408 e. The fourth-order valence-electron chi connectivity index (χ4n) is 7.02. The van der Waals surface area contributed by atoms with Crippen molar-refractivity contribution in [3.63, 3.8) is 0 Å². The number of piperidine rings is 4. The molecular weight excluding hydrogens is 542 g/mol. The molecule has 1 N–H and O–H groups in total. The second-order valence-electron chi connectivity index (χ2n) is 12.1. The van der Waals surface area contributed by atoms with Gasteiger partial charge in [-0.3, -0.25) is 14.5 Å². The van der Waals surface area contributed by atoms with Gasteiger partial charge in [-0.05, 0) is 86.0 Å². The molecule has 3 aromatic rings. The van der Waals surface area contributed by atoms with E-state index in [0.717, 1.165) is 68.5 Å². The van der Waals surface area contributed by atoms with Crippen molar-refractivity contribution < 1.29 is 24.2 Å². The van der Waals surface area contributed by atoms with E-state index >= 15 is 0 Å². The number of carbonyl (C=O) groups excluding carboxylic acids is 2. The topological polar surface area (TPSA) is 90.4 Å². The molecule has 1 unspecified atom stereocenters. The highest BCUT2D eigenvalue weighted by Crippen LogP contribution is 2.39. The third kappa shape index (κ3) is 6.44. The Morgan fingerprint density at radius 1 is 0.884 bits per heavy atom. The van der Waals surface area contributed by atoms with Gasteiger partial charge in [0.15, 0.2) is 0 Å². The summed E-state index contributed by atoms with van der Waals surface area (Å²) in [5, 5.41) is 10.6. The summed E-state index contributed by atoms with van der Waals surface area (Å²) in [6.07, 6.45) is 3.65. The zero-order valence-electron chi connectivity index (χ0n) is 24.4. The fraction of sp³-hybridized carbons (Fsp3) is 0.400. The maximum atomic E-state index is 12.9. The van der Waals surface area contributed by atoms with E-state index in [2.05, 4.69) is 4.90 Å². The Morgan fingerprint density at radius 3 is 2.21 bits per heavy atom. The minimum absolute atomic E-state index is 0.0116. The van der Waals surface area contributed by atoms with Crippen molar-refractivity contribution in [1.82, 2.24) is 14.7 Å². The summed E-state index contributed by atoms with van der Waals surface area (Å²) < 4.78 is 6.30. The van der Waals surface area contributed by atoms with Gasteiger partial charge in [-0.25, -0.2) is 4.79 Å². The lowest BCUT2D eigenvalue weighted by Gasteiger charge is -2.50. The summed E-state index contributed by atoms with van der Waals surface area (Å²) in [6.45, 7) is 4.74. The third-order valence-electron chi connectivity index (χ3n) is 9.45. The molecule has 8 nitrogen and oxygen atoms in total. The first-order chi connectivity index (χ1) is 21.0. The first-order valence-electron chi connectivity index (χ1n) is 15.4. The van der Waals surface area contributed by atoms with Crippen LogP contribution >= 0.6 is 0 Å². The molecule has 0 aliphatic carbocycles. The second-order valence-corrected chi connectivity index (χ2v) is 12.1. The van der Waals surface area contributed by atoms with Crippen LogP contribution in [-0.4, -0.2) is 83.5 Å². The second kappa shape index (κ2) is 13.0. The number of ether oxygens (including phenoxy) is 1. The van der Waals surface area contributed by atoms with Crippen LogP contribution in [0.25, 0.3) is 0 Å². The first-order valence-corrected chi connectivity index (χ1v) is 15.4. The molecule has 4 aliphatic rings. The summed E-state index contributed by atoms with van der Waals surface area (Å²) in [6, 6.07) is 24.1. The minimum Gasteiger partial charge on any atom is -0.493 e. The standard InChI is InChI=1S/C35H39N3O5/c39-23-25-9-11-29(12-10-25)34(40)37-19-13-26(14-20-37)24-43-31-8-4-7-30(21-31)33(28-5-2-1-3-6-28)38(35(41)42)32-22-36-17-15-27(32)16-18-36/h1-12,21,23,26-27,32-33H,13-20,22,24H2,(H,41,42)/t32?,33-/m0/s1.